The SMILES string of the molecule is CC(O)CNC(=O)C1CC(=O)N(c2ccccc2)C1. The van der Waals surface area contributed by atoms with Crippen molar-refractivity contribution in [3.63, 3.8) is 0 Å². The molecule has 1 aliphatic heterocycles. The molecular weight excluding hydrogens is 244 g/mol. The zero-order valence-electron chi connectivity index (χ0n) is 10.9. The number of carbonyl (C=O) groups excluding carboxylic acids is 2. The number of rotatable bonds is 4. The summed E-state index contributed by atoms with van der Waals surface area (Å²) in [6.45, 7) is 2.22. The van der Waals surface area contributed by atoms with E-state index >= 15 is 0 Å². The van der Waals surface area contributed by atoms with Gasteiger partial charge in [-0.2, -0.15) is 0 Å². The van der Waals surface area contributed by atoms with Gasteiger partial charge in [0.05, 0.1) is 12.0 Å². The summed E-state index contributed by atoms with van der Waals surface area (Å²) >= 11 is 0. The van der Waals surface area contributed by atoms with Gasteiger partial charge in [0.15, 0.2) is 0 Å². The molecule has 2 N–H and O–H groups in total. The Morgan fingerprint density at radius 3 is 2.79 bits per heavy atom. The molecule has 2 rings (SSSR count). The first-order chi connectivity index (χ1) is 9.08. The van der Waals surface area contributed by atoms with Crippen molar-refractivity contribution in [2.45, 2.75) is 19.4 Å². The maximum Gasteiger partial charge on any atom is 0.227 e. The molecule has 0 aromatic heterocycles. The third-order valence-electron chi connectivity index (χ3n) is 3.14. The van der Waals surface area contributed by atoms with Crippen molar-refractivity contribution in [1.29, 1.82) is 0 Å². The molecule has 0 spiro atoms. The molecule has 2 atom stereocenters. The standard InChI is InChI=1S/C14H18N2O3/c1-10(17)8-15-14(19)11-7-13(18)16(9-11)12-5-3-2-4-6-12/h2-6,10-11,17H,7-9H2,1H3,(H,15,19). The maximum absolute atomic E-state index is 11.9. The largest absolute Gasteiger partial charge is 0.392 e. The molecule has 1 heterocycles. The number of benzene rings is 1. The molecule has 0 bridgehead atoms. The number of nitrogens with one attached hydrogen (secondary N) is 1. The van der Waals surface area contributed by atoms with Gasteiger partial charge >= 0.3 is 0 Å². The Kier molecular flexibility index (Phi) is 4.16. The van der Waals surface area contributed by atoms with Gasteiger partial charge in [0.2, 0.25) is 11.8 Å². The van der Waals surface area contributed by atoms with Crippen molar-refractivity contribution in [2.24, 2.45) is 5.92 Å². The van der Waals surface area contributed by atoms with E-state index in [1.54, 1.807) is 11.8 Å². The molecule has 0 aliphatic carbocycles. The summed E-state index contributed by atoms with van der Waals surface area (Å²) < 4.78 is 0. The predicted octanol–water partition coefficient (Wildman–Crippen LogP) is 0.536. The van der Waals surface area contributed by atoms with Gasteiger partial charge in [0.25, 0.3) is 0 Å². The fourth-order valence-corrected chi connectivity index (χ4v) is 2.13. The molecule has 102 valence electrons. The summed E-state index contributed by atoms with van der Waals surface area (Å²) in [5, 5.41) is 11.8. The average molecular weight is 262 g/mol. The topological polar surface area (TPSA) is 69.6 Å². The molecule has 0 saturated carbocycles. The summed E-state index contributed by atoms with van der Waals surface area (Å²) in [4.78, 5) is 25.4. The summed E-state index contributed by atoms with van der Waals surface area (Å²) in [6.07, 6.45) is -0.355. The van der Waals surface area contributed by atoms with Gasteiger partial charge in [-0.05, 0) is 19.1 Å². The number of hydrogen-bond acceptors (Lipinski definition) is 3. The van der Waals surface area contributed by atoms with E-state index in [2.05, 4.69) is 5.32 Å². The lowest BCUT2D eigenvalue weighted by atomic mass is 10.1. The first-order valence-electron chi connectivity index (χ1n) is 6.39. The second-order valence-electron chi connectivity index (χ2n) is 4.84. The van der Waals surface area contributed by atoms with Crippen LogP contribution in [0.15, 0.2) is 30.3 Å². The van der Waals surface area contributed by atoms with Crippen LogP contribution in [0, 0.1) is 5.92 Å². The van der Waals surface area contributed by atoms with Crippen LogP contribution in [-0.2, 0) is 9.59 Å². The van der Waals surface area contributed by atoms with Crippen molar-refractivity contribution in [2.75, 3.05) is 18.0 Å². The molecule has 2 amide bonds. The van der Waals surface area contributed by atoms with Crippen LogP contribution >= 0.6 is 0 Å². The molecule has 1 aromatic carbocycles. The Balaban J connectivity index is 1.98. The van der Waals surface area contributed by atoms with Crippen LogP contribution in [0.2, 0.25) is 0 Å². The summed E-state index contributed by atoms with van der Waals surface area (Å²) in [5.41, 5.74) is 0.818. The Morgan fingerprint density at radius 2 is 2.16 bits per heavy atom. The molecule has 5 nitrogen and oxygen atoms in total. The first kappa shape index (κ1) is 13.5. The van der Waals surface area contributed by atoms with Crippen molar-refractivity contribution < 1.29 is 14.7 Å². The molecule has 5 heteroatoms. The van der Waals surface area contributed by atoms with Crippen molar-refractivity contribution >= 4 is 17.5 Å². The van der Waals surface area contributed by atoms with Gasteiger partial charge in [0, 0.05) is 25.2 Å². The molecule has 1 aromatic rings. The molecule has 1 saturated heterocycles. The van der Waals surface area contributed by atoms with E-state index in [9.17, 15) is 9.59 Å². The van der Waals surface area contributed by atoms with Crippen LogP contribution in [-0.4, -0.2) is 36.1 Å². The van der Waals surface area contributed by atoms with Crippen LogP contribution in [0.25, 0.3) is 0 Å². The fourth-order valence-electron chi connectivity index (χ4n) is 2.13. The Labute approximate surface area is 112 Å². The minimum Gasteiger partial charge on any atom is -0.392 e. The first-order valence-corrected chi connectivity index (χ1v) is 6.39. The van der Waals surface area contributed by atoms with Crippen LogP contribution in [0.5, 0.6) is 0 Å². The van der Waals surface area contributed by atoms with Crippen LogP contribution in [0.1, 0.15) is 13.3 Å². The molecule has 0 radical (unpaired) electrons. The normalized spacial score (nSPS) is 20.4. The lowest BCUT2D eigenvalue weighted by molar-refractivity contribution is -0.126. The summed E-state index contributed by atoms with van der Waals surface area (Å²) in [6, 6.07) is 9.33. The van der Waals surface area contributed by atoms with E-state index < -0.39 is 6.10 Å². The molecule has 1 fully saturated rings. The van der Waals surface area contributed by atoms with Crippen LogP contribution in [0.3, 0.4) is 0 Å². The average Bonchev–Trinajstić information content (AvgIpc) is 2.79. The molecule has 2 unspecified atom stereocenters. The highest BCUT2D eigenvalue weighted by Gasteiger charge is 2.34. The van der Waals surface area contributed by atoms with Crippen molar-refractivity contribution in [3.8, 4) is 0 Å². The highest BCUT2D eigenvalue weighted by atomic mass is 16.3. The number of para-hydroxylation sites is 1. The number of nitrogens with zero attached hydrogens (tertiary/aromatic N) is 1. The van der Waals surface area contributed by atoms with E-state index in [-0.39, 0.29) is 30.7 Å². The van der Waals surface area contributed by atoms with Gasteiger partial charge in [-0.3, -0.25) is 9.59 Å². The molecule has 1 aliphatic rings. The third-order valence-corrected chi connectivity index (χ3v) is 3.14. The van der Waals surface area contributed by atoms with E-state index in [1.165, 1.54) is 0 Å². The number of carbonyl (C=O) groups is 2. The van der Waals surface area contributed by atoms with Crippen LogP contribution in [0.4, 0.5) is 5.69 Å². The highest BCUT2D eigenvalue weighted by molar-refractivity contribution is 6.00. The van der Waals surface area contributed by atoms with E-state index in [0.717, 1.165) is 5.69 Å². The Bertz CT molecular complexity index is 459. The van der Waals surface area contributed by atoms with E-state index in [4.69, 9.17) is 5.11 Å². The number of amides is 2. The number of anilines is 1. The number of aliphatic hydroxyl groups is 1. The summed E-state index contributed by atoms with van der Waals surface area (Å²) in [7, 11) is 0. The molecule has 19 heavy (non-hydrogen) atoms. The Hall–Kier alpha value is -1.88. The van der Waals surface area contributed by atoms with Gasteiger partial charge in [-0.15, -0.1) is 0 Å². The van der Waals surface area contributed by atoms with Crippen LogP contribution < -0.4 is 10.2 Å². The fraction of sp³-hybridized carbons (Fsp3) is 0.429. The predicted molar refractivity (Wildman–Crippen MR) is 71.6 cm³/mol. The maximum atomic E-state index is 11.9. The molecular formula is C14H18N2O3. The number of hydrogen-bond donors (Lipinski definition) is 2. The van der Waals surface area contributed by atoms with Crippen molar-refractivity contribution in [3.05, 3.63) is 30.3 Å². The van der Waals surface area contributed by atoms with Gasteiger partial charge < -0.3 is 15.3 Å². The van der Waals surface area contributed by atoms with E-state index in [0.29, 0.717) is 6.54 Å². The third kappa shape index (κ3) is 3.32. The zero-order valence-corrected chi connectivity index (χ0v) is 10.9. The van der Waals surface area contributed by atoms with Gasteiger partial charge in [-0.1, -0.05) is 18.2 Å². The zero-order chi connectivity index (χ0) is 13.8. The second-order valence-corrected chi connectivity index (χ2v) is 4.84. The number of aliphatic hydroxyl groups excluding tert-OH is 1. The van der Waals surface area contributed by atoms with E-state index in [1.807, 2.05) is 30.3 Å². The minimum atomic E-state index is -0.578. The van der Waals surface area contributed by atoms with Crippen molar-refractivity contribution in [1.82, 2.24) is 5.32 Å². The summed E-state index contributed by atoms with van der Waals surface area (Å²) in [5.74, 6) is -0.553. The van der Waals surface area contributed by atoms with Gasteiger partial charge in [-0.25, -0.2) is 0 Å². The lowest BCUT2D eigenvalue weighted by Gasteiger charge is -2.16. The second kappa shape index (κ2) is 5.84. The highest BCUT2D eigenvalue weighted by Crippen LogP contribution is 2.24. The Morgan fingerprint density at radius 1 is 1.47 bits per heavy atom. The lowest BCUT2D eigenvalue weighted by Crippen LogP contribution is -2.36. The minimum absolute atomic E-state index is 0.0385. The quantitative estimate of drug-likeness (QED) is 0.832. The monoisotopic (exact) mass is 262 g/mol. The van der Waals surface area contributed by atoms with Gasteiger partial charge in [0.1, 0.15) is 0 Å². The smallest absolute Gasteiger partial charge is 0.227 e.